The van der Waals surface area contributed by atoms with Crippen LogP contribution in [0.2, 0.25) is 5.02 Å². The van der Waals surface area contributed by atoms with E-state index in [0.717, 1.165) is 6.42 Å². The van der Waals surface area contributed by atoms with Crippen LogP contribution in [0.4, 0.5) is 0 Å². The number of benzene rings is 1. The van der Waals surface area contributed by atoms with Gasteiger partial charge in [0.1, 0.15) is 16.7 Å². The van der Waals surface area contributed by atoms with E-state index in [0.29, 0.717) is 12.5 Å². The van der Waals surface area contributed by atoms with E-state index in [4.69, 9.17) is 16.3 Å². The van der Waals surface area contributed by atoms with E-state index in [1.54, 1.807) is 6.07 Å². The van der Waals surface area contributed by atoms with Gasteiger partial charge in [0, 0.05) is 18.6 Å². The van der Waals surface area contributed by atoms with Crippen molar-refractivity contribution in [3.8, 4) is 5.75 Å². The maximum atomic E-state index is 12.4. The first-order valence-corrected chi connectivity index (χ1v) is 9.51. The largest absolute Gasteiger partial charge is 0.492 e. The van der Waals surface area contributed by atoms with E-state index in [1.165, 1.54) is 32.0 Å². The molecule has 1 unspecified atom stereocenters. The zero-order chi connectivity index (χ0) is 17.7. The summed E-state index contributed by atoms with van der Waals surface area (Å²) >= 11 is 5.89. The van der Waals surface area contributed by atoms with E-state index in [2.05, 4.69) is 10.0 Å². The maximum Gasteiger partial charge on any atom is 0.249 e. The Hall–Kier alpha value is -1.35. The second-order valence-electron chi connectivity index (χ2n) is 5.65. The van der Waals surface area contributed by atoms with Gasteiger partial charge < -0.3 is 15.2 Å². The van der Waals surface area contributed by atoms with Crippen LogP contribution in [0.25, 0.3) is 0 Å². The fourth-order valence-electron chi connectivity index (χ4n) is 2.08. The van der Waals surface area contributed by atoms with Crippen LogP contribution in [-0.2, 0) is 14.8 Å². The molecule has 0 saturated heterocycles. The summed E-state index contributed by atoms with van der Waals surface area (Å²) in [7, 11) is -2.63. The van der Waals surface area contributed by atoms with Gasteiger partial charge >= 0.3 is 0 Å². The van der Waals surface area contributed by atoms with Gasteiger partial charge in [0.15, 0.2) is 0 Å². The molecule has 2 rings (SSSR count). The molecule has 1 aromatic rings. The summed E-state index contributed by atoms with van der Waals surface area (Å²) in [4.78, 5) is 11.1. The minimum Gasteiger partial charge on any atom is -0.492 e. The Morgan fingerprint density at radius 2 is 2.17 bits per heavy atom. The van der Waals surface area contributed by atoms with Gasteiger partial charge in [-0.25, -0.2) is 13.1 Å². The lowest BCUT2D eigenvalue weighted by molar-refractivity contribution is -0.128. The summed E-state index contributed by atoms with van der Waals surface area (Å²) < 4.78 is 32.7. The second kappa shape index (κ2) is 8.15. The molecular weight excluding hydrogens is 356 g/mol. The molecule has 7 nitrogen and oxygen atoms in total. The monoisotopic (exact) mass is 376 g/mol. The lowest BCUT2D eigenvalue weighted by atomic mass is 10.3. The average Bonchev–Trinajstić information content (AvgIpc) is 3.37. The third-order valence-corrected chi connectivity index (χ3v) is 5.37. The number of aliphatic hydroxyl groups excluding tert-OH is 1. The number of halogens is 1. The SMILES string of the molecule is CNC(=O)C(O)CNS(=O)(=O)c1cc(Cl)ccc1OCCC1CC1. The van der Waals surface area contributed by atoms with Crippen molar-refractivity contribution in [2.24, 2.45) is 5.92 Å². The van der Waals surface area contributed by atoms with E-state index in [1.807, 2.05) is 0 Å². The summed E-state index contributed by atoms with van der Waals surface area (Å²) in [6.45, 7) is -0.0221. The molecule has 1 aromatic carbocycles. The van der Waals surface area contributed by atoms with Crippen molar-refractivity contribution in [1.29, 1.82) is 0 Å². The van der Waals surface area contributed by atoms with Crippen molar-refractivity contribution in [1.82, 2.24) is 10.0 Å². The number of aliphatic hydroxyl groups is 1. The first kappa shape index (κ1) is 19.0. The predicted molar refractivity (Wildman–Crippen MR) is 89.6 cm³/mol. The Morgan fingerprint density at radius 3 is 2.79 bits per heavy atom. The molecule has 1 amide bonds. The van der Waals surface area contributed by atoms with Gasteiger partial charge in [-0.1, -0.05) is 24.4 Å². The van der Waals surface area contributed by atoms with Crippen molar-refractivity contribution in [3.05, 3.63) is 23.2 Å². The first-order valence-electron chi connectivity index (χ1n) is 7.65. The number of amides is 1. The first-order chi connectivity index (χ1) is 11.3. The van der Waals surface area contributed by atoms with Gasteiger partial charge in [0.05, 0.1) is 6.61 Å². The zero-order valence-electron chi connectivity index (χ0n) is 13.3. The number of ether oxygens (including phenoxy) is 1. The van der Waals surface area contributed by atoms with Crippen LogP contribution in [0.5, 0.6) is 5.75 Å². The smallest absolute Gasteiger partial charge is 0.249 e. The molecule has 0 spiro atoms. The topological polar surface area (TPSA) is 105 Å². The Labute approximate surface area is 146 Å². The lowest BCUT2D eigenvalue weighted by Crippen LogP contribution is -2.41. The molecule has 9 heteroatoms. The van der Waals surface area contributed by atoms with Gasteiger partial charge in [-0.2, -0.15) is 0 Å². The molecule has 134 valence electrons. The number of nitrogens with one attached hydrogen (secondary N) is 2. The molecule has 0 aliphatic heterocycles. The van der Waals surface area contributed by atoms with Crippen molar-refractivity contribution in [3.63, 3.8) is 0 Å². The standard InChI is InChI=1S/C15H21ClN2O5S/c1-17-15(20)12(19)9-18-24(21,22)14-8-11(16)4-5-13(14)23-7-6-10-2-3-10/h4-5,8,10,12,18-19H,2-3,6-7,9H2,1H3,(H,17,20). The predicted octanol–water partition coefficient (Wildman–Crippen LogP) is 0.904. The molecule has 1 aliphatic rings. The quantitative estimate of drug-likeness (QED) is 0.594. The summed E-state index contributed by atoms with van der Waals surface area (Å²) in [5, 5.41) is 12.0. The van der Waals surface area contributed by atoms with Gasteiger partial charge in [-0.3, -0.25) is 4.79 Å². The van der Waals surface area contributed by atoms with Crippen LogP contribution < -0.4 is 14.8 Å². The molecule has 1 saturated carbocycles. The van der Waals surface area contributed by atoms with Crippen LogP contribution in [-0.4, -0.2) is 45.7 Å². The summed E-state index contributed by atoms with van der Waals surface area (Å²) in [5.74, 6) is 0.185. The van der Waals surface area contributed by atoms with Crippen LogP contribution in [0.15, 0.2) is 23.1 Å². The fraction of sp³-hybridized carbons (Fsp3) is 0.533. The maximum absolute atomic E-state index is 12.4. The number of carbonyl (C=O) groups excluding carboxylic acids is 1. The molecule has 1 aliphatic carbocycles. The van der Waals surface area contributed by atoms with E-state index in [9.17, 15) is 18.3 Å². The van der Waals surface area contributed by atoms with E-state index in [-0.39, 0.29) is 15.7 Å². The Bertz CT molecular complexity index is 691. The number of likely N-dealkylation sites (N-methyl/N-ethyl adjacent to an activating group) is 1. The second-order valence-corrected chi connectivity index (χ2v) is 7.83. The lowest BCUT2D eigenvalue weighted by Gasteiger charge is -2.14. The molecule has 1 atom stereocenters. The molecule has 1 fully saturated rings. The van der Waals surface area contributed by atoms with Crippen LogP contribution in [0, 0.1) is 5.92 Å². The minimum absolute atomic E-state index is 0.116. The number of carbonyl (C=O) groups is 1. The van der Waals surface area contributed by atoms with Crippen molar-refractivity contribution in [2.75, 3.05) is 20.2 Å². The summed E-state index contributed by atoms with van der Waals surface area (Å²) in [6.07, 6.45) is 1.77. The fourth-order valence-corrected chi connectivity index (χ4v) is 3.52. The van der Waals surface area contributed by atoms with Crippen molar-refractivity contribution < 1.29 is 23.1 Å². The third kappa shape index (κ3) is 5.34. The van der Waals surface area contributed by atoms with Crippen molar-refractivity contribution >= 4 is 27.5 Å². The highest BCUT2D eigenvalue weighted by Gasteiger charge is 2.24. The number of sulfonamides is 1. The molecule has 3 N–H and O–H groups in total. The van der Waals surface area contributed by atoms with E-state index < -0.39 is 28.6 Å². The van der Waals surface area contributed by atoms with Crippen molar-refractivity contribution in [2.45, 2.75) is 30.3 Å². The van der Waals surface area contributed by atoms with E-state index >= 15 is 0 Å². The van der Waals surface area contributed by atoms with Crippen LogP contribution >= 0.6 is 11.6 Å². The highest BCUT2D eigenvalue weighted by Crippen LogP contribution is 2.33. The number of hydrogen-bond acceptors (Lipinski definition) is 5. The van der Waals surface area contributed by atoms with Crippen LogP contribution in [0.1, 0.15) is 19.3 Å². The number of hydrogen-bond donors (Lipinski definition) is 3. The van der Waals surface area contributed by atoms with Gasteiger partial charge in [-0.05, 0) is 30.5 Å². The normalized spacial score (nSPS) is 15.8. The molecule has 0 heterocycles. The number of rotatable bonds is 9. The highest BCUT2D eigenvalue weighted by atomic mass is 35.5. The summed E-state index contributed by atoms with van der Waals surface area (Å²) in [6, 6.07) is 4.33. The van der Waals surface area contributed by atoms with Crippen LogP contribution in [0.3, 0.4) is 0 Å². The summed E-state index contributed by atoms with van der Waals surface area (Å²) in [5.41, 5.74) is 0. The average molecular weight is 377 g/mol. The van der Waals surface area contributed by atoms with Gasteiger partial charge in [0.2, 0.25) is 15.9 Å². The minimum atomic E-state index is -3.98. The van der Waals surface area contributed by atoms with Gasteiger partial charge in [0.25, 0.3) is 0 Å². The highest BCUT2D eigenvalue weighted by molar-refractivity contribution is 7.89. The molecular formula is C15H21ClN2O5S. The zero-order valence-corrected chi connectivity index (χ0v) is 14.9. The molecule has 0 radical (unpaired) electrons. The molecule has 0 bridgehead atoms. The Kier molecular flexibility index (Phi) is 6.45. The molecule has 0 aromatic heterocycles. The van der Waals surface area contributed by atoms with Gasteiger partial charge in [-0.15, -0.1) is 0 Å². The Balaban J connectivity index is 2.08. The third-order valence-electron chi connectivity index (χ3n) is 3.69. The Morgan fingerprint density at radius 1 is 1.46 bits per heavy atom. The molecule has 24 heavy (non-hydrogen) atoms.